The second-order valence-corrected chi connectivity index (χ2v) is 3.28. The van der Waals surface area contributed by atoms with Crippen molar-refractivity contribution in [3.8, 4) is 0 Å². The number of hydrogen-bond donors (Lipinski definition) is 1. The number of ether oxygens (including phenoxy) is 1. The molecule has 1 fully saturated rings. The average Bonchev–Trinajstić information content (AvgIpc) is 2.18. The van der Waals surface area contributed by atoms with E-state index in [1.165, 1.54) is 6.92 Å². The monoisotopic (exact) mass is 200 g/mol. The molecule has 0 bridgehead atoms. The summed E-state index contributed by atoms with van der Waals surface area (Å²) in [5.41, 5.74) is 0. The first kappa shape index (κ1) is 11.0. The van der Waals surface area contributed by atoms with E-state index in [-0.39, 0.29) is 11.8 Å². The number of morpholine rings is 1. The number of rotatable bonds is 3. The molecule has 80 valence electrons. The number of urea groups is 1. The molecule has 0 aromatic heterocycles. The molecule has 2 amide bonds. The Morgan fingerprint density at radius 2 is 2.00 bits per heavy atom. The van der Waals surface area contributed by atoms with E-state index in [4.69, 9.17) is 4.74 Å². The van der Waals surface area contributed by atoms with Gasteiger partial charge in [-0.15, -0.1) is 0 Å². The number of nitrogens with one attached hydrogen (secondary N) is 1. The Labute approximate surface area is 83.4 Å². The van der Waals surface area contributed by atoms with Crippen LogP contribution in [0.1, 0.15) is 13.3 Å². The van der Waals surface area contributed by atoms with E-state index in [9.17, 15) is 9.59 Å². The van der Waals surface area contributed by atoms with Crippen LogP contribution in [0.2, 0.25) is 0 Å². The molecule has 1 saturated heterocycles. The highest BCUT2D eigenvalue weighted by Gasteiger charge is 2.15. The average molecular weight is 200 g/mol. The van der Waals surface area contributed by atoms with Gasteiger partial charge in [-0.05, 0) is 6.92 Å². The van der Waals surface area contributed by atoms with E-state index < -0.39 is 0 Å². The molecule has 1 aliphatic rings. The highest BCUT2D eigenvalue weighted by Crippen LogP contribution is 1.96. The minimum Gasteiger partial charge on any atom is -0.378 e. The lowest BCUT2D eigenvalue weighted by Gasteiger charge is -2.26. The normalized spacial score (nSPS) is 16.5. The van der Waals surface area contributed by atoms with Crippen molar-refractivity contribution in [2.75, 3.05) is 32.8 Å². The van der Waals surface area contributed by atoms with Gasteiger partial charge in [0.25, 0.3) is 0 Å². The molecule has 0 aliphatic carbocycles. The molecule has 0 atom stereocenters. The van der Waals surface area contributed by atoms with Gasteiger partial charge in [0.05, 0.1) is 13.2 Å². The minimum atomic E-state index is -0.102. The van der Waals surface area contributed by atoms with Crippen molar-refractivity contribution in [2.24, 2.45) is 0 Å². The van der Waals surface area contributed by atoms with Crippen molar-refractivity contribution in [3.05, 3.63) is 0 Å². The first-order valence-corrected chi connectivity index (χ1v) is 4.80. The Balaban J connectivity index is 2.16. The lowest BCUT2D eigenvalue weighted by atomic mass is 10.3. The van der Waals surface area contributed by atoms with Gasteiger partial charge in [0.15, 0.2) is 0 Å². The first-order valence-electron chi connectivity index (χ1n) is 4.80. The lowest BCUT2D eigenvalue weighted by molar-refractivity contribution is -0.116. The summed E-state index contributed by atoms with van der Waals surface area (Å²) in [7, 11) is 0. The molecule has 0 aromatic rings. The van der Waals surface area contributed by atoms with Gasteiger partial charge in [-0.1, -0.05) is 0 Å². The number of nitrogens with zero attached hydrogens (tertiary/aromatic N) is 1. The SMILES string of the molecule is CC(=O)CCNC(=O)N1CCOCC1. The zero-order valence-electron chi connectivity index (χ0n) is 8.41. The van der Waals surface area contributed by atoms with E-state index in [1.54, 1.807) is 4.90 Å². The van der Waals surface area contributed by atoms with E-state index >= 15 is 0 Å². The van der Waals surface area contributed by atoms with Gasteiger partial charge >= 0.3 is 6.03 Å². The van der Waals surface area contributed by atoms with Crippen molar-refractivity contribution in [2.45, 2.75) is 13.3 Å². The second kappa shape index (κ2) is 5.59. The molecular weight excluding hydrogens is 184 g/mol. The van der Waals surface area contributed by atoms with Crippen LogP contribution < -0.4 is 5.32 Å². The summed E-state index contributed by atoms with van der Waals surface area (Å²) in [6, 6.07) is -0.102. The number of carbonyl (C=O) groups is 2. The van der Waals surface area contributed by atoms with Crippen molar-refractivity contribution in [3.63, 3.8) is 0 Å². The molecule has 1 heterocycles. The second-order valence-electron chi connectivity index (χ2n) is 3.28. The summed E-state index contributed by atoms with van der Waals surface area (Å²) in [5.74, 6) is 0.0901. The Kier molecular flexibility index (Phi) is 4.39. The van der Waals surface area contributed by atoms with Gasteiger partial charge in [0, 0.05) is 26.1 Å². The summed E-state index contributed by atoms with van der Waals surface area (Å²) < 4.78 is 5.12. The zero-order chi connectivity index (χ0) is 10.4. The molecule has 0 radical (unpaired) electrons. The van der Waals surface area contributed by atoms with Gasteiger partial charge in [0.2, 0.25) is 0 Å². The molecule has 5 heteroatoms. The van der Waals surface area contributed by atoms with Crippen LogP contribution in [0.25, 0.3) is 0 Å². The maximum Gasteiger partial charge on any atom is 0.317 e. The smallest absolute Gasteiger partial charge is 0.317 e. The third kappa shape index (κ3) is 3.74. The number of ketones is 1. The highest BCUT2D eigenvalue weighted by atomic mass is 16.5. The van der Waals surface area contributed by atoms with Crippen LogP contribution in [0.4, 0.5) is 4.79 Å². The standard InChI is InChI=1S/C9H16N2O3/c1-8(12)2-3-10-9(13)11-4-6-14-7-5-11/h2-7H2,1H3,(H,10,13). The molecule has 5 nitrogen and oxygen atoms in total. The van der Waals surface area contributed by atoms with Gasteiger partial charge in [-0.25, -0.2) is 4.79 Å². The van der Waals surface area contributed by atoms with Crippen LogP contribution in [-0.4, -0.2) is 49.6 Å². The van der Waals surface area contributed by atoms with Gasteiger partial charge < -0.3 is 15.0 Å². The van der Waals surface area contributed by atoms with Crippen LogP contribution >= 0.6 is 0 Å². The maximum absolute atomic E-state index is 11.4. The van der Waals surface area contributed by atoms with Gasteiger partial charge in [0.1, 0.15) is 5.78 Å². The van der Waals surface area contributed by atoms with E-state index in [1.807, 2.05) is 0 Å². The molecule has 0 aromatic carbocycles. The van der Waals surface area contributed by atoms with Crippen LogP contribution in [0.15, 0.2) is 0 Å². The number of carbonyl (C=O) groups excluding carboxylic acids is 2. The Hall–Kier alpha value is -1.10. The topological polar surface area (TPSA) is 58.6 Å². The predicted molar refractivity (Wildman–Crippen MR) is 51.1 cm³/mol. The fraction of sp³-hybridized carbons (Fsp3) is 0.778. The fourth-order valence-corrected chi connectivity index (χ4v) is 1.22. The molecule has 14 heavy (non-hydrogen) atoms. The summed E-state index contributed by atoms with van der Waals surface area (Å²) in [6.45, 7) is 4.39. The molecule has 1 rings (SSSR count). The molecule has 1 N–H and O–H groups in total. The molecule has 1 aliphatic heterocycles. The van der Waals surface area contributed by atoms with Crippen molar-refractivity contribution >= 4 is 11.8 Å². The first-order chi connectivity index (χ1) is 6.70. The summed E-state index contributed by atoms with van der Waals surface area (Å²) in [5, 5.41) is 2.69. The van der Waals surface area contributed by atoms with Crippen LogP contribution in [0, 0.1) is 0 Å². The van der Waals surface area contributed by atoms with Crippen molar-refractivity contribution in [1.82, 2.24) is 10.2 Å². The Morgan fingerprint density at radius 1 is 1.36 bits per heavy atom. The third-order valence-electron chi connectivity index (χ3n) is 2.05. The largest absolute Gasteiger partial charge is 0.378 e. The lowest BCUT2D eigenvalue weighted by Crippen LogP contribution is -2.46. The Bertz CT molecular complexity index is 212. The summed E-state index contributed by atoms with van der Waals surface area (Å²) in [4.78, 5) is 23.7. The van der Waals surface area contributed by atoms with E-state index in [0.29, 0.717) is 39.3 Å². The summed E-state index contributed by atoms with van der Waals surface area (Å²) >= 11 is 0. The quantitative estimate of drug-likeness (QED) is 0.698. The van der Waals surface area contributed by atoms with Crippen LogP contribution in [0.3, 0.4) is 0 Å². The number of hydrogen-bond acceptors (Lipinski definition) is 3. The van der Waals surface area contributed by atoms with Gasteiger partial charge in [-0.3, -0.25) is 4.79 Å². The third-order valence-corrected chi connectivity index (χ3v) is 2.05. The van der Waals surface area contributed by atoms with Gasteiger partial charge in [-0.2, -0.15) is 0 Å². The molecular formula is C9H16N2O3. The number of amides is 2. The molecule has 0 unspecified atom stereocenters. The number of Topliss-reactive ketones (excluding diaryl/α,β-unsaturated/α-hetero) is 1. The maximum atomic E-state index is 11.4. The van der Waals surface area contributed by atoms with Crippen LogP contribution in [-0.2, 0) is 9.53 Å². The minimum absolute atomic E-state index is 0.0901. The van der Waals surface area contributed by atoms with Crippen LogP contribution in [0.5, 0.6) is 0 Å². The Morgan fingerprint density at radius 3 is 2.57 bits per heavy atom. The predicted octanol–water partition coefficient (Wildman–Crippen LogP) is 0.00730. The highest BCUT2D eigenvalue weighted by molar-refractivity contribution is 5.77. The zero-order valence-corrected chi connectivity index (χ0v) is 8.41. The van der Waals surface area contributed by atoms with Crippen molar-refractivity contribution in [1.29, 1.82) is 0 Å². The van der Waals surface area contributed by atoms with E-state index in [0.717, 1.165) is 0 Å². The molecule has 0 spiro atoms. The van der Waals surface area contributed by atoms with Crippen molar-refractivity contribution < 1.29 is 14.3 Å². The summed E-state index contributed by atoms with van der Waals surface area (Å²) in [6.07, 6.45) is 0.399. The fourth-order valence-electron chi connectivity index (χ4n) is 1.22. The molecule has 0 saturated carbocycles. The van der Waals surface area contributed by atoms with E-state index in [2.05, 4.69) is 5.32 Å².